The van der Waals surface area contributed by atoms with Gasteiger partial charge in [0.1, 0.15) is 0 Å². The van der Waals surface area contributed by atoms with Crippen LogP contribution in [0.25, 0.3) is 0 Å². The van der Waals surface area contributed by atoms with Crippen LogP contribution in [0, 0.1) is 0 Å². The van der Waals surface area contributed by atoms with Gasteiger partial charge in [0.2, 0.25) is 11.7 Å². The smallest absolute Gasteiger partial charge is 0.252 e. The molecule has 5 nitrogen and oxygen atoms in total. The van der Waals surface area contributed by atoms with E-state index in [2.05, 4.69) is 5.32 Å². The number of hydrogen-bond acceptors (Lipinski definition) is 4. The number of nitrogens with zero attached hydrogens (tertiary/aromatic N) is 1. The van der Waals surface area contributed by atoms with Crippen molar-refractivity contribution in [2.24, 2.45) is 0 Å². The zero-order valence-corrected chi connectivity index (χ0v) is 16.1. The average Bonchev–Trinajstić information content (AvgIpc) is 3.15. The van der Waals surface area contributed by atoms with Crippen LogP contribution < -0.4 is 5.32 Å². The Bertz CT molecular complexity index is 802. The van der Waals surface area contributed by atoms with E-state index in [1.165, 1.54) is 11.3 Å². The SMILES string of the molecule is O=C(NCCCN1CCCCCC1=O)c1ccccc1C(=O)c1cccs1. The van der Waals surface area contributed by atoms with Gasteiger partial charge in [-0.15, -0.1) is 11.3 Å². The number of hydrogen-bond donors (Lipinski definition) is 1. The molecular weight excluding hydrogens is 360 g/mol. The summed E-state index contributed by atoms with van der Waals surface area (Å²) in [4.78, 5) is 39.7. The molecule has 1 aromatic carbocycles. The third-order valence-corrected chi connectivity index (χ3v) is 5.59. The molecule has 27 heavy (non-hydrogen) atoms. The first-order valence-corrected chi connectivity index (χ1v) is 10.3. The molecule has 2 heterocycles. The Hall–Kier alpha value is -2.47. The van der Waals surface area contributed by atoms with Crippen molar-refractivity contribution in [1.82, 2.24) is 10.2 Å². The van der Waals surface area contributed by atoms with E-state index in [0.29, 0.717) is 41.9 Å². The number of likely N-dealkylation sites (tertiary alicyclic amines) is 1. The Labute approximate surface area is 163 Å². The summed E-state index contributed by atoms with van der Waals surface area (Å²) in [5.74, 6) is -0.172. The van der Waals surface area contributed by atoms with Crippen LogP contribution >= 0.6 is 11.3 Å². The Balaban J connectivity index is 1.55. The highest BCUT2D eigenvalue weighted by Gasteiger charge is 2.19. The van der Waals surface area contributed by atoms with Gasteiger partial charge in [-0.05, 0) is 36.8 Å². The first-order valence-electron chi connectivity index (χ1n) is 9.40. The van der Waals surface area contributed by atoms with Crippen LogP contribution in [0.2, 0.25) is 0 Å². The third kappa shape index (κ3) is 5.04. The standard InChI is InChI=1S/C21H24N2O3S/c24-19-11-2-1-5-13-23(19)14-7-12-22-21(26)17-9-4-3-8-16(17)20(25)18-10-6-15-27-18/h3-4,6,8-10,15H,1-2,5,7,11-14H2,(H,22,26). The van der Waals surface area contributed by atoms with E-state index < -0.39 is 0 Å². The largest absolute Gasteiger partial charge is 0.352 e. The van der Waals surface area contributed by atoms with Gasteiger partial charge in [0, 0.05) is 31.6 Å². The van der Waals surface area contributed by atoms with Crippen molar-refractivity contribution in [3.05, 3.63) is 57.8 Å². The number of carbonyl (C=O) groups is 3. The molecular formula is C21H24N2O3S. The number of thiophene rings is 1. The first-order chi connectivity index (χ1) is 13.2. The van der Waals surface area contributed by atoms with Gasteiger partial charge in [0.25, 0.3) is 5.91 Å². The Morgan fingerprint density at radius 1 is 1.04 bits per heavy atom. The first kappa shape index (κ1) is 19.3. The highest BCUT2D eigenvalue weighted by molar-refractivity contribution is 7.12. The number of amides is 2. The van der Waals surface area contributed by atoms with Crippen LogP contribution in [0.4, 0.5) is 0 Å². The van der Waals surface area contributed by atoms with Crippen LogP contribution in [0.5, 0.6) is 0 Å². The number of carbonyl (C=O) groups excluding carboxylic acids is 3. The fourth-order valence-electron chi connectivity index (χ4n) is 3.26. The molecule has 1 fully saturated rings. The summed E-state index contributed by atoms with van der Waals surface area (Å²) in [5, 5.41) is 4.73. The molecule has 0 bridgehead atoms. The second-order valence-corrected chi connectivity index (χ2v) is 7.60. The minimum atomic E-state index is -0.252. The summed E-state index contributed by atoms with van der Waals surface area (Å²) in [5.41, 5.74) is 0.807. The number of ketones is 1. The van der Waals surface area contributed by atoms with E-state index in [-0.39, 0.29) is 17.6 Å². The van der Waals surface area contributed by atoms with Gasteiger partial charge >= 0.3 is 0 Å². The van der Waals surface area contributed by atoms with Crippen LogP contribution in [-0.4, -0.2) is 42.1 Å². The van der Waals surface area contributed by atoms with Gasteiger partial charge < -0.3 is 10.2 Å². The predicted octanol–water partition coefficient (Wildman–Crippen LogP) is 3.50. The van der Waals surface area contributed by atoms with Crippen molar-refractivity contribution in [2.75, 3.05) is 19.6 Å². The molecule has 0 atom stereocenters. The van der Waals surface area contributed by atoms with Gasteiger partial charge in [-0.2, -0.15) is 0 Å². The summed E-state index contributed by atoms with van der Waals surface area (Å²) >= 11 is 1.37. The fraction of sp³-hybridized carbons (Fsp3) is 0.381. The minimum Gasteiger partial charge on any atom is -0.352 e. The van der Waals surface area contributed by atoms with Crippen molar-refractivity contribution >= 4 is 28.9 Å². The van der Waals surface area contributed by atoms with Crippen molar-refractivity contribution in [1.29, 1.82) is 0 Å². The maximum atomic E-state index is 12.6. The van der Waals surface area contributed by atoms with Gasteiger partial charge in [0.15, 0.2) is 0 Å². The molecule has 1 aromatic heterocycles. The Kier molecular flexibility index (Phi) is 6.76. The lowest BCUT2D eigenvalue weighted by Crippen LogP contribution is -2.34. The lowest BCUT2D eigenvalue weighted by Gasteiger charge is -2.20. The lowest BCUT2D eigenvalue weighted by molar-refractivity contribution is -0.130. The van der Waals surface area contributed by atoms with Crippen LogP contribution in [0.15, 0.2) is 41.8 Å². The second kappa shape index (κ2) is 9.46. The lowest BCUT2D eigenvalue weighted by atomic mass is 10.0. The van der Waals surface area contributed by atoms with Crippen molar-refractivity contribution in [3.63, 3.8) is 0 Å². The molecule has 6 heteroatoms. The molecule has 0 radical (unpaired) electrons. The topological polar surface area (TPSA) is 66.5 Å². The summed E-state index contributed by atoms with van der Waals surface area (Å²) in [7, 11) is 0. The summed E-state index contributed by atoms with van der Waals surface area (Å²) in [6.07, 6.45) is 4.47. The molecule has 0 unspecified atom stereocenters. The fourth-order valence-corrected chi connectivity index (χ4v) is 3.94. The zero-order chi connectivity index (χ0) is 19.1. The molecule has 0 saturated carbocycles. The van der Waals surface area contributed by atoms with E-state index >= 15 is 0 Å². The summed E-state index contributed by atoms with van der Waals surface area (Å²) in [6.45, 7) is 1.95. The van der Waals surface area contributed by atoms with Crippen molar-refractivity contribution in [2.45, 2.75) is 32.1 Å². The third-order valence-electron chi connectivity index (χ3n) is 4.72. The Morgan fingerprint density at radius 2 is 1.85 bits per heavy atom. The van der Waals surface area contributed by atoms with E-state index in [9.17, 15) is 14.4 Å². The molecule has 1 aliphatic heterocycles. The molecule has 1 aliphatic rings. The number of nitrogens with one attached hydrogen (secondary N) is 1. The van der Waals surface area contributed by atoms with Gasteiger partial charge in [0.05, 0.1) is 10.4 Å². The van der Waals surface area contributed by atoms with Crippen molar-refractivity contribution in [3.8, 4) is 0 Å². The predicted molar refractivity (Wildman–Crippen MR) is 106 cm³/mol. The quantitative estimate of drug-likeness (QED) is 0.587. The molecule has 142 valence electrons. The molecule has 1 N–H and O–H groups in total. The van der Waals surface area contributed by atoms with Crippen LogP contribution in [0.1, 0.15) is 57.7 Å². The van der Waals surface area contributed by atoms with E-state index in [1.807, 2.05) is 16.3 Å². The van der Waals surface area contributed by atoms with E-state index in [4.69, 9.17) is 0 Å². The van der Waals surface area contributed by atoms with Crippen LogP contribution in [0.3, 0.4) is 0 Å². The molecule has 2 amide bonds. The molecule has 0 aliphatic carbocycles. The molecule has 3 rings (SSSR count). The normalized spacial score (nSPS) is 14.7. The van der Waals surface area contributed by atoms with Crippen molar-refractivity contribution < 1.29 is 14.4 Å². The monoisotopic (exact) mass is 384 g/mol. The Morgan fingerprint density at radius 3 is 2.63 bits per heavy atom. The minimum absolute atomic E-state index is 0.133. The highest BCUT2D eigenvalue weighted by atomic mass is 32.1. The van der Waals surface area contributed by atoms with Gasteiger partial charge in [-0.3, -0.25) is 14.4 Å². The van der Waals surface area contributed by atoms with Crippen LogP contribution in [-0.2, 0) is 4.79 Å². The maximum absolute atomic E-state index is 12.6. The maximum Gasteiger partial charge on any atom is 0.252 e. The summed E-state index contributed by atoms with van der Waals surface area (Å²) < 4.78 is 0. The number of benzene rings is 1. The number of rotatable bonds is 7. The molecule has 2 aromatic rings. The van der Waals surface area contributed by atoms with E-state index in [1.54, 1.807) is 30.3 Å². The average molecular weight is 385 g/mol. The van der Waals surface area contributed by atoms with E-state index in [0.717, 1.165) is 25.8 Å². The molecule has 1 saturated heterocycles. The van der Waals surface area contributed by atoms with Gasteiger partial charge in [-0.25, -0.2) is 0 Å². The van der Waals surface area contributed by atoms with Gasteiger partial charge in [-0.1, -0.05) is 30.7 Å². The second-order valence-electron chi connectivity index (χ2n) is 6.65. The summed E-state index contributed by atoms with van der Waals surface area (Å²) in [6, 6.07) is 10.5. The highest BCUT2D eigenvalue weighted by Crippen LogP contribution is 2.18. The molecule has 0 spiro atoms. The zero-order valence-electron chi connectivity index (χ0n) is 15.3.